The van der Waals surface area contributed by atoms with Gasteiger partial charge in [0.15, 0.2) is 0 Å². The zero-order valence-corrected chi connectivity index (χ0v) is 9.86. The molecule has 0 spiro atoms. The number of hydrogen-bond donors (Lipinski definition) is 1. The minimum absolute atomic E-state index is 0.238. The third kappa shape index (κ3) is 4.13. The van der Waals surface area contributed by atoms with Crippen molar-refractivity contribution in [2.75, 3.05) is 12.0 Å². The van der Waals surface area contributed by atoms with Gasteiger partial charge >= 0.3 is 5.97 Å². The maximum Gasteiger partial charge on any atom is 0.370 e. The molecule has 0 radical (unpaired) electrons. The molecule has 0 unspecified atom stereocenters. The fraction of sp³-hybridized carbons (Fsp3) is 0.182. The SMILES string of the molecule is CCOC(=O)/C(Cl)=N\Nc1ccc(C#N)cc1. The van der Waals surface area contributed by atoms with E-state index in [9.17, 15) is 4.79 Å². The first-order chi connectivity index (χ1) is 8.17. The van der Waals surface area contributed by atoms with Crippen molar-refractivity contribution in [3.05, 3.63) is 29.8 Å². The lowest BCUT2D eigenvalue weighted by Crippen LogP contribution is -2.13. The third-order valence-corrected chi connectivity index (χ3v) is 1.98. The summed E-state index contributed by atoms with van der Waals surface area (Å²) in [6.07, 6.45) is 0. The molecule has 0 bridgehead atoms. The minimum atomic E-state index is -0.685. The molecular formula is C11H10ClN3O2. The Kier molecular flexibility index (Phi) is 4.98. The monoisotopic (exact) mass is 251 g/mol. The van der Waals surface area contributed by atoms with Crippen molar-refractivity contribution in [1.82, 2.24) is 0 Å². The smallest absolute Gasteiger partial charge is 0.370 e. The maximum absolute atomic E-state index is 11.1. The molecule has 0 aliphatic rings. The molecule has 5 nitrogen and oxygen atoms in total. The first-order valence-electron chi connectivity index (χ1n) is 4.84. The Bertz CT molecular complexity index is 463. The quantitative estimate of drug-likeness (QED) is 0.505. The van der Waals surface area contributed by atoms with E-state index in [1.807, 2.05) is 6.07 Å². The summed E-state index contributed by atoms with van der Waals surface area (Å²) in [5.74, 6) is -0.685. The molecule has 0 fully saturated rings. The number of hydrogen-bond acceptors (Lipinski definition) is 5. The number of carbonyl (C=O) groups excluding carboxylic acids is 1. The van der Waals surface area contributed by atoms with E-state index in [1.165, 1.54) is 0 Å². The lowest BCUT2D eigenvalue weighted by atomic mass is 10.2. The molecule has 0 aromatic heterocycles. The molecule has 0 heterocycles. The highest BCUT2D eigenvalue weighted by Crippen LogP contribution is 2.08. The van der Waals surface area contributed by atoms with Crippen LogP contribution in [-0.2, 0) is 9.53 Å². The molecule has 17 heavy (non-hydrogen) atoms. The lowest BCUT2D eigenvalue weighted by molar-refractivity contribution is -0.134. The van der Waals surface area contributed by atoms with Gasteiger partial charge in [0.25, 0.3) is 0 Å². The van der Waals surface area contributed by atoms with Gasteiger partial charge in [-0.2, -0.15) is 10.4 Å². The van der Waals surface area contributed by atoms with Crippen LogP contribution in [0.1, 0.15) is 12.5 Å². The van der Waals surface area contributed by atoms with Gasteiger partial charge in [-0.15, -0.1) is 0 Å². The van der Waals surface area contributed by atoms with Crippen LogP contribution >= 0.6 is 11.6 Å². The van der Waals surface area contributed by atoms with Crippen LogP contribution in [0.4, 0.5) is 5.69 Å². The van der Waals surface area contributed by atoms with Gasteiger partial charge in [-0.05, 0) is 31.2 Å². The highest BCUT2D eigenvalue weighted by Gasteiger charge is 2.08. The van der Waals surface area contributed by atoms with Crippen LogP contribution in [0.25, 0.3) is 0 Å². The number of ether oxygens (including phenoxy) is 1. The Balaban J connectivity index is 2.63. The number of esters is 1. The first-order valence-corrected chi connectivity index (χ1v) is 5.21. The van der Waals surface area contributed by atoms with Crippen LogP contribution < -0.4 is 5.43 Å². The number of nitrogens with one attached hydrogen (secondary N) is 1. The second kappa shape index (κ2) is 6.51. The predicted molar refractivity (Wildman–Crippen MR) is 64.7 cm³/mol. The van der Waals surface area contributed by atoms with Gasteiger partial charge in [-0.25, -0.2) is 4.79 Å². The predicted octanol–water partition coefficient (Wildman–Crippen LogP) is 2.09. The van der Waals surface area contributed by atoms with Gasteiger partial charge in [0.05, 0.1) is 23.9 Å². The standard InChI is InChI=1S/C11H10ClN3O2/c1-2-17-11(16)10(12)15-14-9-5-3-8(7-13)4-6-9/h3-6,14H,2H2,1H3/b15-10+. The highest BCUT2D eigenvalue weighted by atomic mass is 35.5. The highest BCUT2D eigenvalue weighted by molar-refractivity contribution is 6.82. The number of rotatable bonds is 4. The van der Waals surface area contributed by atoms with Gasteiger partial charge in [-0.1, -0.05) is 11.6 Å². The molecule has 0 amide bonds. The van der Waals surface area contributed by atoms with Crippen molar-refractivity contribution in [2.24, 2.45) is 5.10 Å². The summed E-state index contributed by atoms with van der Waals surface area (Å²) < 4.78 is 4.64. The average Bonchev–Trinajstić information content (AvgIpc) is 2.36. The fourth-order valence-electron chi connectivity index (χ4n) is 0.969. The molecular weight excluding hydrogens is 242 g/mol. The van der Waals surface area contributed by atoms with Gasteiger partial charge in [0, 0.05) is 0 Å². The molecule has 1 N–H and O–H groups in total. The largest absolute Gasteiger partial charge is 0.461 e. The van der Waals surface area contributed by atoms with E-state index in [-0.39, 0.29) is 11.8 Å². The summed E-state index contributed by atoms with van der Waals surface area (Å²) in [4.78, 5) is 11.1. The Hall–Kier alpha value is -2.06. The zero-order chi connectivity index (χ0) is 12.7. The maximum atomic E-state index is 11.1. The van der Waals surface area contributed by atoms with Gasteiger partial charge < -0.3 is 4.74 Å². The van der Waals surface area contributed by atoms with Crippen LogP contribution in [0, 0.1) is 11.3 Å². The van der Waals surface area contributed by atoms with E-state index in [0.717, 1.165) is 0 Å². The molecule has 0 aliphatic carbocycles. The summed E-state index contributed by atoms with van der Waals surface area (Å²) in [7, 11) is 0. The number of benzene rings is 1. The summed E-state index contributed by atoms with van der Waals surface area (Å²) in [5, 5.41) is 12.0. The molecule has 0 saturated heterocycles. The number of halogens is 1. The Morgan fingerprint density at radius 2 is 2.18 bits per heavy atom. The second-order valence-corrected chi connectivity index (χ2v) is 3.28. The van der Waals surface area contributed by atoms with E-state index in [1.54, 1.807) is 31.2 Å². The summed E-state index contributed by atoms with van der Waals surface area (Å²) in [6, 6.07) is 8.53. The van der Waals surface area contributed by atoms with Crippen molar-refractivity contribution in [3.8, 4) is 6.07 Å². The molecule has 0 saturated carbocycles. The van der Waals surface area contributed by atoms with E-state index in [4.69, 9.17) is 16.9 Å². The van der Waals surface area contributed by atoms with Crippen LogP contribution in [0.5, 0.6) is 0 Å². The normalized spacial score (nSPS) is 10.5. The second-order valence-electron chi connectivity index (χ2n) is 2.92. The zero-order valence-electron chi connectivity index (χ0n) is 9.11. The molecule has 88 valence electrons. The number of nitriles is 1. The minimum Gasteiger partial charge on any atom is -0.461 e. The van der Waals surface area contributed by atoms with Crippen LogP contribution in [-0.4, -0.2) is 17.7 Å². The summed E-state index contributed by atoms with van der Waals surface area (Å²) in [5.41, 5.74) is 3.74. The Labute approximate surface area is 104 Å². The average molecular weight is 252 g/mol. The Morgan fingerprint density at radius 1 is 1.53 bits per heavy atom. The number of carbonyl (C=O) groups is 1. The summed E-state index contributed by atoms with van der Waals surface area (Å²) in [6.45, 7) is 1.91. The molecule has 0 aliphatic heterocycles. The molecule has 0 atom stereocenters. The van der Waals surface area contributed by atoms with E-state index < -0.39 is 5.97 Å². The Morgan fingerprint density at radius 3 is 2.71 bits per heavy atom. The van der Waals surface area contributed by atoms with Crippen molar-refractivity contribution >= 4 is 28.4 Å². The van der Waals surface area contributed by atoms with Crippen LogP contribution in [0.2, 0.25) is 0 Å². The van der Waals surface area contributed by atoms with Gasteiger partial charge in [-0.3, -0.25) is 5.43 Å². The van der Waals surface area contributed by atoms with Crippen molar-refractivity contribution in [3.63, 3.8) is 0 Å². The van der Waals surface area contributed by atoms with Crippen molar-refractivity contribution in [2.45, 2.75) is 6.92 Å². The first kappa shape index (κ1) is 13.0. The molecule has 1 rings (SSSR count). The molecule has 1 aromatic carbocycles. The van der Waals surface area contributed by atoms with Gasteiger partial charge in [0.1, 0.15) is 0 Å². The van der Waals surface area contributed by atoms with E-state index in [0.29, 0.717) is 11.3 Å². The summed E-state index contributed by atoms with van der Waals surface area (Å²) >= 11 is 5.58. The number of nitrogens with zero attached hydrogens (tertiary/aromatic N) is 2. The van der Waals surface area contributed by atoms with Crippen molar-refractivity contribution < 1.29 is 9.53 Å². The topological polar surface area (TPSA) is 74.5 Å². The fourth-order valence-corrected chi connectivity index (χ4v) is 1.07. The van der Waals surface area contributed by atoms with Crippen LogP contribution in [0.15, 0.2) is 29.4 Å². The molecule has 1 aromatic rings. The number of anilines is 1. The van der Waals surface area contributed by atoms with Crippen molar-refractivity contribution in [1.29, 1.82) is 5.26 Å². The lowest BCUT2D eigenvalue weighted by Gasteiger charge is -2.01. The van der Waals surface area contributed by atoms with Gasteiger partial charge in [0.2, 0.25) is 5.17 Å². The third-order valence-electron chi connectivity index (χ3n) is 1.74. The van der Waals surface area contributed by atoms with E-state index >= 15 is 0 Å². The number of hydrazone groups is 1. The van der Waals surface area contributed by atoms with E-state index in [2.05, 4.69) is 15.3 Å². The van der Waals surface area contributed by atoms with Crippen LogP contribution in [0.3, 0.4) is 0 Å². The molecule has 6 heteroatoms.